The zero-order valence-corrected chi connectivity index (χ0v) is 18.9. The first kappa shape index (κ1) is 22.7. The van der Waals surface area contributed by atoms with Crippen LogP contribution in [0, 0.1) is 0 Å². The zero-order chi connectivity index (χ0) is 23.1. The first-order valence-corrected chi connectivity index (χ1v) is 11.5. The van der Waals surface area contributed by atoms with Crippen LogP contribution < -0.4 is 5.56 Å². The molecule has 2 aromatic carbocycles. The summed E-state index contributed by atoms with van der Waals surface area (Å²) < 4.78 is 30.9. The molecule has 1 heterocycles. The summed E-state index contributed by atoms with van der Waals surface area (Å²) in [7, 11) is -1.88. The number of rotatable bonds is 5. The van der Waals surface area contributed by atoms with Gasteiger partial charge < -0.3 is 14.4 Å². The predicted molar refractivity (Wildman–Crippen MR) is 119 cm³/mol. The van der Waals surface area contributed by atoms with Gasteiger partial charge in [0, 0.05) is 24.3 Å². The lowest BCUT2D eigenvalue weighted by atomic mass is 9.94. The van der Waals surface area contributed by atoms with Gasteiger partial charge in [-0.05, 0) is 49.9 Å². The predicted octanol–water partition coefficient (Wildman–Crippen LogP) is 3.55. The average molecular weight is 444 g/mol. The maximum absolute atomic E-state index is 13.0. The molecule has 3 rings (SSSR count). The standard InChI is InChI=1S/C23H25NO6S/c1-23(2,3)30-20(22(26)27)19-18(14-10-12-15(13-11-14)31(5,28)29)16-8-6-7-9-17(16)21(25)24(19)4/h6-13,20H,1-5H3,(H,26,27). The molecule has 0 aliphatic rings. The molecule has 1 N–H and O–H groups in total. The van der Waals surface area contributed by atoms with Gasteiger partial charge in [0.1, 0.15) is 0 Å². The Kier molecular flexibility index (Phi) is 5.82. The number of carbonyl (C=O) groups is 1. The Morgan fingerprint density at radius 3 is 2.06 bits per heavy atom. The van der Waals surface area contributed by atoms with Gasteiger partial charge in [-0.2, -0.15) is 0 Å². The Bertz CT molecular complexity index is 1320. The highest BCUT2D eigenvalue weighted by Crippen LogP contribution is 2.37. The molecule has 0 aliphatic carbocycles. The highest BCUT2D eigenvalue weighted by atomic mass is 32.2. The summed E-state index contributed by atoms with van der Waals surface area (Å²) in [4.78, 5) is 25.4. The summed E-state index contributed by atoms with van der Waals surface area (Å²) in [6, 6.07) is 13.1. The van der Waals surface area contributed by atoms with Crippen molar-refractivity contribution >= 4 is 26.6 Å². The van der Waals surface area contributed by atoms with Crippen molar-refractivity contribution < 1.29 is 23.1 Å². The summed E-state index contributed by atoms with van der Waals surface area (Å²) >= 11 is 0. The minimum atomic E-state index is -3.40. The van der Waals surface area contributed by atoms with Crippen LogP contribution in [0.1, 0.15) is 32.6 Å². The van der Waals surface area contributed by atoms with E-state index in [-0.39, 0.29) is 16.1 Å². The maximum Gasteiger partial charge on any atom is 0.339 e. The molecule has 0 spiro atoms. The van der Waals surface area contributed by atoms with E-state index in [1.807, 2.05) is 0 Å². The molecule has 1 atom stereocenters. The van der Waals surface area contributed by atoms with Crippen LogP contribution in [-0.4, -0.2) is 35.9 Å². The number of benzene rings is 2. The number of aromatic nitrogens is 1. The lowest BCUT2D eigenvalue weighted by Crippen LogP contribution is -2.32. The Labute approximate surface area is 180 Å². The highest BCUT2D eigenvalue weighted by Gasteiger charge is 2.32. The molecule has 1 unspecified atom stereocenters. The van der Waals surface area contributed by atoms with Crippen molar-refractivity contribution in [3.63, 3.8) is 0 Å². The van der Waals surface area contributed by atoms with Crippen LogP contribution in [0.2, 0.25) is 0 Å². The molecule has 0 radical (unpaired) electrons. The fourth-order valence-corrected chi connectivity index (χ4v) is 4.17. The smallest absolute Gasteiger partial charge is 0.339 e. The Balaban J connectivity index is 2.43. The second-order valence-electron chi connectivity index (χ2n) is 8.42. The fourth-order valence-electron chi connectivity index (χ4n) is 3.54. The van der Waals surface area contributed by atoms with E-state index >= 15 is 0 Å². The molecule has 0 saturated heterocycles. The summed E-state index contributed by atoms with van der Waals surface area (Å²) in [6.07, 6.45) is -0.293. The van der Waals surface area contributed by atoms with E-state index in [4.69, 9.17) is 4.74 Å². The van der Waals surface area contributed by atoms with Crippen molar-refractivity contribution in [1.82, 2.24) is 4.57 Å². The minimum Gasteiger partial charge on any atom is -0.479 e. The zero-order valence-electron chi connectivity index (χ0n) is 18.0. The van der Waals surface area contributed by atoms with Gasteiger partial charge in [-0.1, -0.05) is 30.3 Å². The van der Waals surface area contributed by atoms with Crippen molar-refractivity contribution in [3.05, 3.63) is 64.6 Å². The number of aliphatic carboxylic acids is 1. The van der Waals surface area contributed by atoms with Crippen LogP contribution in [0.15, 0.2) is 58.2 Å². The molecular weight excluding hydrogens is 418 g/mol. The minimum absolute atomic E-state index is 0.146. The molecule has 0 aliphatic heterocycles. The number of hydrogen-bond donors (Lipinski definition) is 1. The number of fused-ring (bicyclic) bond motifs is 1. The Morgan fingerprint density at radius 2 is 1.58 bits per heavy atom. The van der Waals surface area contributed by atoms with Crippen LogP contribution in [0.25, 0.3) is 21.9 Å². The quantitative estimate of drug-likeness (QED) is 0.647. The normalized spacial score (nSPS) is 13.3. The molecule has 31 heavy (non-hydrogen) atoms. The van der Waals surface area contributed by atoms with Crippen molar-refractivity contribution in [2.75, 3.05) is 6.26 Å². The molecule has 1 aromatic heterocycles. The van der Waals surface area contributed by atoms with E-state index in [0.29, 0.717) is 21.9 Å². The fraction of sp³-hybridized carbons (Fsp3) is 0.304. The van der Waals surface area contributed by atoms with Crippen LogP contribution in [0.5, 0.6) is 0 Å². The number of nitrogens with zero attached hydrogens (tertiary/aromatic N) is 1. The Morgan fingerprint density at radius 1 is 1.03 bits per heavy atom. The second kappa shape index (κ2) is 7.94. The van der Waals surface area contributed by atoms with Crippen molar-refractivity contribution in [2.24, 2.45) is 7.05 Å². The third kappa shape index (κ3) is 4.55. The molecule has 7 nitrogen and oxygen atoms in total. The molecule has 3 aromatic rings. The van der Waals surface area contributed by atoms with Gasteiger partial charge in [-0.15, -0.1) is 0 Å². The monoisotopic (exact) mass is 443 g/mol. The van der Waals surface area contributed by atoms with Gasteiger partial charge in [0.2, 0.25) is 0 Å². The van der Waals surface area contributed by atoms with E-state index in [2.05, 4.69) is 0 Å². The van der Waals surface area contributed by atoms with Crippen molar-refractivity contribution in [2.45, 2.75) is 37.4 Å². The molecule has 0 amide bonds. The largest absolute Gasteiger partial charge is 0.479 e. The van der Waals surface area contributed by atoms with Crippen LogP contribution in [0.3, 0.4) is 0 Å². The third-order valence-electron chi connectivity index (χ3n) is 4.86. The van der Waals surface area contributed by atoms with Gasteiger partial charge in [-0.25, -0.2) is 13.2 Å². The molecule has 8 heteroatoms. The molecule has 0 saturated carbocycles. The van der Waals surface area contributed by atoms with Crippen LogP contribution >= 0.6 is 0 Å². The topological polar surface area (TPSA) is 103 Å². The summed E-state index contributed by atoms with van der Waals surface area (Å²) in [5, 5.41) is 11.0. The van der Waals surface area contributed by atoms with E-state index < -0.39 is 27.5 Å². The Hall–Kier alpha value is -2.97. The van der Waals surface area contributed by atoms with Gasteiger partial charge in [-0.3, -0.25) is 4.79 Å². The first-order valence-electron chi connectivity index (χ1n) is 9.64. The summed E-state index contributed by atoms with van der Waals surface area (Å²) in [6.45, 7) is 5.22. The summed E-state index contributed by atoms with van der Waals surface area (Å²) in [5.74, 6) is -1.23. The average Bonchev–Trinajstić information content (AvgIpc) is 2.67. The molecular formula is C23H25NO6S. The lowest BCUT2D eigenvalue weighted by Gasteiger charge is -2.28. The number of carboxylic acids is 1. The van der Waals surface area contributed by atoms with E-state index in [9.17, 15) is 23.1 Å². The van der Waals surface area contributed by atoms with Gasteiger partial charge in [0.25, 0.3) is 5.56 Å². The van der Waals surface area contributed by atoms with Crippen molar-refractivity contribution in [3.8, 4) is 11.1 Å². The molecule has 0 fully saturated rings. The van der Waals surface area contributed by atoms with E-state index in [0.717, 1.165) is 6.26 Å². The third-order valence-corrected chi connectivity index (χ3v) is 5.99. The first-order chi connectivity index (χ1) is 14.3. The van der Waals surface area contributed by atoms with Crippen molar-refractivity contribution in [1.29, 1.82) is 0 Å². The van der Waals surface area contributed by atoms with Crippen LogP contribution in [0.4, 0.5) is 0 Å². The summed E-state index contributed by atoms with van der Waals surface area (Å²) in [5.41, 5.74) is 0.152. The SMILES string of the molecule is Cn1c(C(OC(C)(C)C)C(=O)O)c(-c2ccc(S(C)(=O)=O)cc2)c2ccccc2c1=O. The van der Waals surface area contributed by atoms with Crippen LogP contribution in [-0.2, 0) is 26.4 Å². The van der Waals surface area contributed by atoms with E-state index in [1.165, 1.54) is 23.7 Å². The number of ether oxygens (including phenoxy) is 1. The maximum atomic E-state index is 13.0. The highest BCUT2D eigenvalue weighted by molar-refractivity contribution is 7.90. The van der Waals surface area contributed by atoms with E-state index in [1.54, 1.807) is 57.2 Å². The number of hydrogen-bond acceptors (Lipinski definition) is 5. The van der Waals surface area contributed by atoms with Gasteiger partial charge in [0.05, 0.1) is 16.2 Å². The molecule has 164 valence electrons. The number of carboxylic acid groups (broad SMARTS) is 1. The number of pyridine rings is 1. The van der Waals surface area contributed by atoms with Gasteiger partial charge >= 0.3 is 5.97 Å². The number of sulfone groups is 1. The second-order valence-corrected chi connectivity index (χ2v) is 10.4. The molecule has 0 bridgehead atoms. The lowest BCUT2D eigenvalue weighted by molar-refractivity contribution is -0.161. The van der Waals surface area contributed by atoms with Gasteiger partial charge in [0.15, 0.2) is 15.9 Å².